The van der Waals surface area contributed by atoms with Crippen molar-refractivity contribution in [2.45, 2.75) is 24.4 Å². The Bertz CT molecular complexity index is 575. The van der Waals surface area contributed by atoms with Crippen LogP contribution < -0.4 is 10.5 Å². The first-order valence-corrected chi connectivity index (χ1v) is 9.06. The predicted octanol–water partition coefficient (Wildman–Crippen LogP) is 1.28. The van der Waals surface area contributed by atoms with Crippen molar-refractivity contribution >= 4 is 21.8 Å². The molecule has 1 aromatic rings. The van der Waals surface area contributed by atoms with Gasteiger partial charge in [-0.05, 0) is 24.6 Å². The largest absolute Gasteiger partial charge is 0.495 e. The first-order valence-electron chi connectivity index (χ1n) is 6.47. The van der Waals surface area contributed by atoms with Crippen molar-refractivity contribution in [1.82, 2.24) is 4.31 Å². The summed E-state index contributed by atoms with van der Waals surface area (Å²) in [7, 11) is -2.05. The minimum absolute atomic E-state index is 0.00218. The number of benzene rings is 1. The third-order valence-corrected chi connectivity index (χ3v) is 6.60. The van der Waals surface area contributed by atoms with Crippen molar-refractivity contribution in [1.29, 1.82) is 0 Å². The molecule has 0 saturated carbocycles. The van der Waals surface area contributed by atoms with Crippen molar-refractivity contribution in [3.63, 3.8) is 0 Å². The second-order valence-electron chi connectivity index (χ2n) is 4.73. The maximum atomic E-state index is 12.8. The summed E-state index contributed by atoms with van der Waals surface area (Å²) in [6.07, 6.45) is 0. The van der Waals surface area contributed by atoms with Gasteiger partial charge >= 0.3 is 0 Å². The highest BCUT2D eigenvalue weighted by Crippen LogP contribution is 2.31. The van der Waals surface area contributed by atoms with E-state index in [4.69, 9.17) is 10.5 Å². The van der Waals surface area contributed by atoms with Crippen molar-refractivity contribution in [2.24, 2.45) is 5.73 Å². The highest BCUT2D eigenvalue weighted by molar-refractivity contribution is 7.99. The zero-order valence-corrected chi connectivity index (χ0v) is 13.3. The Labute approximate surface area is 124 Å². The fraction of sp³-hybridized carbons (Fsp3) is 0.538. The van der Waals surface area contributed by atoms with E-state index in [9.17, 15) is 8.42 Å². The molecule has 2 N–H and O–H groups in total. The van der Waals surface area contributed by atoms with Gasteiger partial charge in [0.2, 0.25) is 10.0 Å². The van der Waals surface area contributed by atoms with E-state index in [1.165, 1.54) is 7.11 Å². The van der Waals surface area contributed by atoms with E-state index in [2.05, 4.69) is 0 Å². The summed E-state index contributed by atoms with van der Waals surface area (Å²) >= 11 is 1.78. The van der Waals surface area contributed by atoms with Crippen LogP contribution in [0, 0.1) is 0 Å². The van der Waals surface area contributed by atoms with Crippen LogP contribution in [0.2, 0.25) is 0 Å². The molecule has 0 amide bonds. The molecule has 0 bridgehead atoms. The fourth-order valence-electron chi connectivity index (χ4n) is 2.25. The number of sulfonamides is 1. The summed E-state index contributed by atoms with van der Waals surface area (Å²) in [4.78, 5) is 0.218. The molecule has 5 nitrogen and oxygen atoms in total. The number of methoxy groups -OCH3 is 1. The van der Waals surface area contributed by atoms with Crippen LogP contribution in [0.1, 0.15) is 12.5 Å². The summed E-state index contributed by atoms with van der Waals surface area (Å²) in [6, 6.07) is 5.01. The molecular formula is C13H20N2O3S2. The Morgan fingerprint density at radius 1 is 1.50 bits per heavy atom. The molecular weight excluding hydrogens is 296 g/mol. The molecule has 1 aliphatic rings. The fourth-order valence-corrected chi connectivity index (χ4v) is 5.24. The minimum Gasteiger partial charge on any atom is -0.495 e. The van der Waals surface area contributed by atoms with Gasteiger partial charge in [0.25, 0.3) is 0 Å². The normalized spacial score (nSPS) is 20.9. The Kier molecular flexibility index (Phi) is 4.95. The third-order valence-electron chi connectivity index (χ3n) is 3.36. The number of hydrogen-bond donors (Lipinski definition) is 1. The lowest BCUT2D eigenvalue weighted by molar-refractivity contribution is 0.360. The van der Waals surface area contributed by atoms with Gasteiger partial charge in [-0.15, -0.1) is 0 Å². The molecule has 0 spiro atoms. The zero-order chi connectivity index (χ0) is 14.8. The molecule has 2 rings (SSSR count). The number of hydrogen-bond acceptors (Lipinski definition) is 5. The average Bonchev–Trinajstić information content (AvgIpc) is 2.46. The molecule has 1 aliphatic heterocycles. The molecule has 1 unspecified atom stereocenters. The van der Waals surface area contributed by atoms with E-state index in [1.54, 1.807) is 34.3 Å². The van der Waals surface area contributed by atoms with Gasteiger partial charge in [0.15, 0.2) is 0 Å². The van der Waals surface area contributed by atoms with Crippen LogP contribution in [0.15, 0.2) is 23.1 Å². The van der Waals surface area contributed by atoms with E-state index in [1.807, 2.05) is 6.92 Å². The standard InChI is InChI=1S/C13H20N2O3S2/c1-10-9-19-6-5-15(10)20(16,17)13-4-3-11(8-14)7-12(13)18-2/h3-4,7,10H,5-6,8-9,14H2,1-2H3. The topological polar surface area (TPSA) is 72.6 Å². The monoisotopic (exact) mass is 316 g/mol. The first kappa shape index (κ1) is 15.6. The Morgan fingerprint density at radius 3 is 2.85 bits per heavy atom. The number of rotatable bonds is 4. The Balaban J connectivity index is 2.43. The summed E-state index contributed by atoms with van der Waals surface area (Å²) in [5, 5.41) is 0. The smallest absolute Gasteiger partial charge is 0.247 e. The van der Waals surface area contributed by atoms with Gasteiger partial charge < -0.3 is 10.5 Å². The number of thioether (sulfide) groups is 1. The molecule has 112 valence electrons. The molecule has 1 aromatic carbocycles. The van der Waals surface area contributed by atoms with Crippen molar-refractivity contribution in [3.05, 3.63) is 23.8 Å². The molecule has 7 heteroatoms. The van der Waals surface area contributed by atoms with Crippen LogP contribution in [-0.4, -0.2) is 43.9 Å². The second kappa shape index (κ2) is 6.34. The van der Waals surface area contributed by atoms with Gasteiger partial charge in [-0.1, -0.05) is 6.07 Å². The number of nitrogens with zero attached hydrogens (tertiary/aromatic N) is 1. The number of nitrogens with two attached hydrogens (primary N) is 1. The molecule has 0 radical (unpaired) electrons. The van der Waals surface area contributed by atoms with Crippen LogP contribution in [0.3, 0.4) is 0 Å². The Morgan fingerprint density at radius 2 is 2.25 bits per heavy atom. The van der Waals surface area contributed by atoms with E-state index in [-0.39, 0.29) is 10.9 Å². The molecule has 1 atom stereocenters. The van der Waals surface area contributed by atoms with Crippen LogP contribution in [0.5, 0.6) is 5.75 Å². The van der Waals surface area contributed by atoms with Crippen molar-refractivity contribution in [3.8, 4) is 5.75 Å². The summed E-state index contributed by atoms with van der Waals surface area (Å²) < 4.78 is 32.4. The van der Waals surface area contributed by atoms with Gasteiger partial charge in [0, 0.05) is 30.6 Å². The zero-order valence-electron chi connectivity index (χ0n) is 11.7. The lowest BCUT2D eigenvalue weighted by atomic mass is 10.2. The third kappa shape index (κ3) is 2.95. The molecule has 0 aromatic heterocycles. The van der Waals surface area contributed by atoms with Crippen molar-refractivity contribution in [2.75, 3.05) is 25.2 Å². The van der Waals surface area contributed by atoms with E-state index in [0.717, 1.165) is 17.1 Å². The molecule has 0 aliphatic carbocycles. The highest BCUT2D eigenvalue weighted by atomic mass is 32.2. The predicted molar refractivity (Wildman–Crippen MR) is 81.6 cm³/mol. The molecule has 1 heterocycles. The van der Waals surface area contributed by atoms with Gasteiger partial charge in [-0.25, -0.2) is 8.42 Å². The summed E-state index contributed by atoms with van der Waals surface area (Å²) in [5.74, 6) is 2.01. The molecule has 1 fully saturated rings. The SMILES string of the molecule is COc1cc(CN)ccc1S(=O)(=O)N1CCSCC1C. The quantitative estimate of drug-likeness (QED) is 0.906. The van der Waals surface area contributed by atoms with Crippen LogP contribution in [-0.2, 0) is 16.6 Å². The van der Waals surface area contributed by atoms with Crippen LogP contribution >= 0.6 is 11.8 Å². The van der Waals surface area contributed by atoms with Crippen molar-refractivity contribution < 1.29 is 13.2 Å². The van der Waals surface area contributed by atoms with Crippen LogP contribution in [0.25, 0.3) is 0 Å². The summed E-state index contributed by atoms with van der Waals surface area (Å²) in [6.45, 7) is 2.83. The van der Waals surface area contributed by atoms with E-state index < -0.39 is 10.0 Å². The minimum atomic E-state index is -3.52. The lowest BCUT2D eigenvalue weighted by Crippen LogP contribution is -2.44. The average molecular weight is 316 g/mol. The van der Waals surface area contributed by atoms with E-state index in [0.29, 0.717) is 18.8 Å². The van der Waals surface area contributed by atoms with Gasteiger partial charge in [0.1, 0.15) is 10.6 Å². The van der Waals surface area contributed by atoms with Gasteiger partial charge in [0.05, 0.1) is 7.11 Å². The van der Waals surface area contributed by atoms with E-state index >= 15 is 0 Å². The highest BCUT2D eigenvalue weighted by Gasteiger charge is 2.33. The Hall–Kier alpha value is -0.760. The lowest BCUT2D eigenvalue weighted by Gasteiger charge is -2.32. The summed E-state index contributed by atoms with van der Waals surface area (Å²) in [5.41, 5.74) is 6.43. The second-order valence-corrected chi connectivity index (χ2v) is 7.74. The van der Waals surface area contributed by atoms with Gasteiger partial charge in [-0.3, -0.25) is 0 Å². The number of ether oxygens (including phenoxy) is 1. The van der Waals surface area contributed by atoms with Crippen LogP contribution in [0.4, 0.5) is 0 Å². The maximum Gasteiger partial charge on any atom is 0.247 e. The molecule has 20 heavy (non-hydrogen) atoms. The molecule has 1 saturated heterocycles. The van der Waals surface area contributed by atoms with Gasteiger partial charge in [-0.2, -0.15) is 16.1 Å². The maximum absolute atomic E-state index is 12.8. The first-order chi connectivity index (χ1) is 9.50.